The Morgan fingerprint density at radius 3 is 2.36 bits per heavy atom. The molecular formula is C6H11N3O2. The van der Waals surface area contributed by atoms with Crippen LogP contribution in [0.1, 0.15) is 0 Å². The van der Waals surface area contributed by atoms with Crippen LogP contribution in [0.5, 0.6) is 0 Å². The van der Waals surface area contributed by atoms with Gasteiger partial charge in [0, 0.05) is 13.3 Å². The van der Waals surface area contributed by atoms with E-state index in [4.69, 9.17) is 11.5 Å². The summed E-state index contributed by atoms with van der Waals surface area (Å²) < 4.78 is 4.59. The van der Waals surface area contributed by atoms with Gasteiger partial charge in [-0.1, -0.05) is 0 Å². The highest BCUT2D eigenvalue weighted by atomic mass is 16.5. The van der Waals surface area contributed by atoms with Gasteiger partial charge in [-0.15, -0.1) is 0 Å². The molecule has 0 heterocycles. The van der Waals surface area contributed by atoms with Crippen molar-refractivity contribution in [3.05, 3.63) is 11.5 Å². The van der Waals surface area contributed by atoms with Gasteiger partial charge >= 0.3 is 0 Å². The number of aliphatic imine (C=N–C) groups is 1. The van der Waals surface area contributed by atoms with Crippen molar-refractivity contribution in [3.8, 4) is 0 Å². The minimum absolute atomic E-state index is 0.0249. The summed E-state index contributed by atoms with van der Waals surface area (Å²) in [6.45, 7) is 0. The molecule has 5 heteroatoms. The number of nitrogens with zero attached hydrogens (tertiary/aromatic N) is 1. The fraction of sp³-hybridized carbons (Fsp3) is 0.333. The number of rotatable bonds is 3. The van der Waals surface area contributed by atoms with E-state index in [2.05, 4.69) is 9.73 Å². The Kier molecular flexibility index (Phi) is 3.72. The van der Waals surface area contributed by atoms with Crippen molar-refractivity contribution in [1.82, 2.24) is 0 Å². The lowest BCUT2D eigenvalue weighted by molar-refractivity contribution is -0.114. The van der Waals surface area contributed by atoms with E-state index >= 15 is 0 Å². The van der Waals surface area contributed by atoms with Crippen LogP contribution < -0.4 is 11.5 Å². The lowest BCUT2D eigenvalue weighted by Gasteiger charge is -2.01. The molecule has 0 aromatic heterocycles. The number of carbonyl (C=O) groups excluding carboxylic acids is 1. The van der Waals surface area contributed by atoms with Crippen molar-refractivity contribution in [2.24, 2.45) is 16.5 Å². The Morgan fingerprint density at radius 1 is 1.55 bits per heavy atom. The summed E-state index contributed by atoms with van der Waals surface area (Å²) in [6, 6.07) is 0. The van der Waals surface area contributed by atoms with Crippen molar-refractivity contribution in [2.75, 3.05) is 14.2 Å². The third-order valence-corrected chi connectivity index (χ3v) is 1.01. The predicted molar refractivity (Wildman–Crippen MR) is 41.8 cm³/mol. The van der Waals surface area contributed by atoms with Crippen LogP contribution in [-0.4, -0.2) is 26.3 Å². The number of hydrogen-bond donors (Lipinski definition) is 2. The van der Waals surface area contributed by atoms with Crippen molar-refractivity contribution >= 4 is 12.1 Å². The molecule has 0 aliphatic rings. The van der Waals surface area contributed by atoms with E-state index in [0.717, 1.165) is 0 Å². The van der Waals surface area contributed by atoms with Crippen LogP contribution >= 0.6 is 0 Å². The topological polar surface area (TPSA) is 90.7 Å². The summed E-state index contributed by atoms with van der Waals surface area (Å²) in [5, 5.41) is 0. The maximum atomic E-state index is 10.6. The lowest BCUT2D eigenvalue weighted by atomic mass is 10.3. The van der Waals surface area contributed by atoms with Gasteiger partial charge in [-0.2, -0.15) is 0 Å². The molecular weight excluding hydrogens is 146 g/mol. The van der Waals surface area contributed by atoms with E-state index in [9.17, 15) is 4.79 Å². The fourth-order valence-electron chi connectivity index (χ4n) is 0.488. The van der Waals surface area contributed by atoms with Gasteiger partial charge in [0.15, 0.2) is 5.88 Å². The molecule has 62 valence electrons. The van der Waals surface area contributed by atoms with Gasteiger partial charge in [0.25, 0.3) is 5.91 Å². The van der Waals surface area contributed by atoms with Gasteiger partial charge in [0.1, 0.15) is 5.57 Å². The third kappa shape index (κ3) is 2.70. The van der Waals surface area contributed by atoms with E-state index < -0.39 is 5.91 Å². The van der Waals surface area contributed by atoms with E-state index in [-0.39, 0.29) is 11.5 Å². The van der Waals surface area contributed by atoms with Crippen LogP contribution in [0, 0.1) is 0 Å². The van der Waals surface area contributed by atoms with Gasteiger partial charge in [-0.3, -0.25) is 9.79 Å². The van der Waals surface area contributed by atoms with Gasteiger partial charge in [0.05, 0.1) is 7.11 Å². The van der Waals surface area contributed by atoms with E-state index in [1.54, 1.807) is 0 Å². The van der Waals surface area contributed by atoms with Crippen molar-refractivity contribution in [3.63, 3.8) is 0 Å². The van der Waals surface area contributed by atoms with E-state index in [0.29, 0.717) is 0 Å². The summed E-state index contributed by atoms with van der Waals surface area (Å²) in [5.41, 5.74) is 10.3. The Labute approximate surface area is 64.7 Å². The number of amides is 1. The van der Waals surface area contributed by atoms with Gasteiger partial charge < -0.3 is 16.2 Å². The standard InChI is InChI=1S/C6H11N3O2/c1-9-3-4(5(7)10)6(8)11-2/h3H,8H2,1-2H3,(H2,7,10)/b6-4-,9-3?. The third-order valence-electron chi connectivity index (χ3n) is 1.01. The summed E-state index contributed by atoms with van der Waals surface area (Å²) >= 11 is 0. The highest BCUT2D eigenvalue weighted by molar-refractivity contribution is 6.11. The van der Waals surface area contributed by atoms with Crippen LogP contribution in [0.2, 0.25) is 0 Å². The molecule has 11 heavy (non-hydrogen) atoms. The summed E-state index contributed by atoms with van der Waals surface area (Å²) in [5.74, 6) is -0.682. The Morgan fingerprint density at radius 2 is 2.09 bits per heavy atom. The van der Waals surface area contributed by atoms with Crippen LogP contribution in [0.4, 0.5) is 0 Å². The molecule has 0 fully saturated rings. The average molecular weight is 157 g/mol. The molecule has 0 aromatic rings. The predicted octanol–water partition coefficient (Wildman–Crippen LogP) is -1.01. The second-order valence-corrected chi connectivity index (χ2v) is 1.73. The lowest BCUT2D eigenvalue weighted by Crippen LogP contribution is -2.20. The minimum atomic E-state index is -0.657. The smallest absolute Gasteiger partial charge is 0.255 e. The Balaban J connectivity index is 4.72. The summed E-state index contributed by atoms with van der Waals surface area (Å²) in [6.07, 6.45) is 1.25. The van der Waals surface area contributed by atoms with Gasteiger partial charge in [0.2, 0.25) is 0 Å². The second kappa shape index (κ2) is 4.32. The first kappa shape index (κ1) is 9.48. The SMILES string of the molecule is CN=C/C(C(N)=O)=C(\N)OC. The van der Waals surface area contributed by atoms with Crippen LogP contribution in [0.3, 0.4) is 0 Å². The first-order valence-electron chi connectivity index (χ1n) is 2.89. The molecule has 0 unspecified atom stereocenters. The molecule has 5 nitrogen and oxygen atoms in total. The van der Waals surface area contributed by atoms with E-state index in [1.807, 2.05) is 0 Å². The molecule has 0 aliphatic carbocycles. The minimum Gasteiger partial charge on any atom is -0.482 e. The first-order valence-corrected chi connectivity index (χ1v) is 2.89. The normalized spacial score (nSPS) is 12.9. The molecule has 0 rings (SSSR count). The van der Waals surface area contributed by atoms with Crippen molar-refractivity contribution < 1.29 is 9.53 Å². The zero-order valence-electron chi connectivity index (χ0n) is 6.50. The molecule has 0 atom stereocenters. The number of carbonyl (C=O) groups is 1. The molecule has 0 spiro atoms. The molecule has 0 aliphatic heterocycles. The fourth-order valence-corrected chi connectivity index (χ4v) is 0.488. The zero-order chi connectivity index (χ0) is 8.85. The van der Waals surface area contributed by atoms with Crippen LogP contribution in [-0.2, 0) is 9.53 Å². The van der Waals surface area contributed by atoms with Crippen molar-refractivity contribution in [1.29, 1.82) is 0 Å². The summed E-state index contributed by atoms with van der Waals surface area (Å²) in [7, 11) is 2.85. The number of primary amides is 1. The van der Waals surface area contributed by atoms with Crippen molar-refractivity contribution in [2.45, 2.75) is 0 Å². The second-order valence-electron chi connectivity index (χ2n) is 1.73. The molecule has 0 bridgehead atoms. The van der Waals surface area contributed by atoms with Gasteiger partial charge in [-0.25, -0.2) is 0 Å². The van der Waals surface area contributed by atoms with E-state index in [1.165, 1.54) is 20.4 Å². The van der Waals surface area contributed by atoms with Crippen LogP contribution in [0.15, 0.2) is 16.4 Å². The number of hydrogen-bond acceptors (Lipinski definition) is 4. The number of ether oxygens (including phenoxy) is 1. The first-order chi connectivity index (χ1) is 5.13. The van der Waals surface area contributed by atoms with Gasteiger partial charge in [-0.05, 0) is 0 Å². The molecule has 0 saturated carbocycles. The quantitative estimate of drug-likeness (QED) is 0.312. The largest absolute Gasteiger partial charge is 0.482 e. The number of methoxy groups -OCH3 is 1. The van der Waals surface area contributed by atoms with Crippen LogP contribution in [0.25, 0.3) is 0 Å². The molecule has 0 radical (unpaired) electrons. The number of nitrogens with two attached hydrogens (primary N) is 2. The summed E-state index contributed by atoms with van der Waals surface area (Å²) in [4.78, 5) is 14.2. The zero-order valence-corrected chi connectivity index (χ0v) is 6.50. The Hall–Kier alpha value is -1.52. The monoisotopic (exact) mass is 157 g/mol. The maximum Gasteiger partial charge on any atom is 0.255 e. The molecule has 4 N–H and O–H groups in total. The molecule has 1 amide bonds. The Bertz CT molecular complexity index is 208. The molecule has 0 saturated heterocycles. The maximum absolute atomic E-state index is 10.6. The highest BCUT2D eigenvalue weighted by Gasteiger charge is 2.06. The highest BCUT2D eigenvalue weighted by Crippen LogP contribution is 1.94. The molecule has 0 aromatic carbocycles. The average Bonchev–Trinajstić information content (AvgIpc) is 1.98.